The SMILES string of the molecule is CC(C)(C)C(=O)Nc1cc(-c2cn3nc(OC4CCOCC4)ccc3n2)ccc1C(F)(F)F. The van der Waals surface area contributed by atoms with Crippen LogP contribution in [0, 0.1) is 5.41 Å². The van der Waals surface area contributed by atoms with E-state index < -0.39 is 23.1 Å². The number of ether oxygens (including phenoxy) is 2. The topological polar surface area (TPSA) is 77.8 Å². The molecule has 1 amide bonds. The van der Waals surface area contributed by atoms with Gasteiger partial charge in [-0.2, -0.15) is 13.2 Å². The number of nitrogens with zero attached hydrogens (tertiary/aromatic N) is 3. The minimum absolute atomic E-state index is 0.0237. The summed E-state index contributed by atoms with van der Waals surface area (Å²) in [4.78, 5) is 16.8. The Kier molecular flexibility index (Phi) is 6.04. The molecule has 1 aliphatic heterocycles. The summed E-state index contributed by atoms with van der Waals surface area (Å²) in [6.45, 7) is 6.18. The molecule has 0 spiro atoms. The van der Waals surface area contributed by atoms with Crippen molar-refractivity contribution in [2.24, 2.45) is 5.41 Å². The molecule has 1 N–H and O–H groups in total. The summed E-state index contributed by atoms with van der Waals surface area (Å²) in [7, 11) is 0. The third kappa shape index (κ3) is 5.27. The lowest BCUT2D eigenvalue weighted by Gasteiger charge is -2.22. The van der Waals surface area contributed by atoms with Crippen LogP contribution in [0.3, 0.4) is 0 Å². The smallest absolute Gasteiger partial charge is 0.418 e. The first kappa shape index (κ1) is 23.0. The van der Waals surface area contributed by atoms with Gasteiger partial charge in [-0.1, -0.05) is 26.8 Å². The first-order valence-electron chi connectivity index (χ1n) is 10.6. The van der Waals surface area contributed by atoms with Crippen LogP contribution >= 0.6 is 0 Å². The van der Waals surface area contributed by atoms with E-state index in [1.807, 2.05) is 0 Å². The molecule has 0 aliphatic carbocycles. The number of hydrogen-bond donors (Lipinski definition) is 1. The second-order valence-electron chi connectivity index (χ2n) is 8.99. The zero-order valence-corrected chi connectivity index (χ0v) is 18.6. The van der Waals surface area contributed by atoms with Crippen molar-refractivity contribution in [1.82, 2.24) is 14.6 Å². The number of aromatic nitrogens is 3. The number of carbonyl (C=O) groups is 1. The van der Waals surface area contributed by atoms with Crippen LogP contribution in [0.1, 0.15) is 39.2 Å². The quantitative estimate of drug-likeness (QED) is 0.593. The minimum atomic E-state index is -4.62. The van der Waals surface area contributed by atoms with E-state index in [9.17, 15) is 18.0 Å². The highest BCUT2D eigenvalue weighted by atomic mass is 19.4. The Hall–Kier alpha value is -3.14. The van der Waals surface area contributed by atoms with Crippen molar-refractivity contribution in [3.63, 3.8) is 0 Å². The minimum Gasteiger partial charge on any atom is -0.473 e. The highest BCUT2D eigenvalue weighted by molar-refractivity contribution is 5.96. The molecule has 0 saturated carbocycles. The molecule has 7 nitrogen and oxygen atoms in total. The third-order valence-electron chi connectivity index (χ3n) is 5.30. The highest BCUT2D eigenvalue weighted by Crippen LogP contribution is 2.37. The largest absolute Gasteiger partial charge is 0.473 e. The molecule has 0 bridgehead atoms. The van der Waals surface area contributed by atoms with Crippen molar-refractivity contribution in [1.29, 1.82) is 0 Å². The van der Waals surface area contributed by atoms with Crippen molar-refractivity contribution in [2.45, 2.75) is 45.9 Å². The van der Waals surface area contributed by atoms with Gasteiger partial charge in [0, 0.05) is 29.9 Å². The average molecular weight is 462 g/mol. The molecular formula is C23H25F3N4O3. The second kappa shape index (κ2) is 8.66. The van der Waals surface area contributed by atoms with Crippen LogP contribution in [0.2, 0.25) is 0 Å². The summed E-state index contributed by atoms with van der Waals surface area (Å²) < 4.78 is 53.4. The maximum atomic E-state index is 13.5. The number of amides is 1. The predicted octanol–water partition coefficient (Wildman–Crippen LogP) is 4.96. The first-order valence-corrected chi connectivity index (χ1v) is 10.6. The molecule has 3 heterocycles. The molecule has 4 rings (SSSR count). The predicted molar refractivity (Wildman–Crippen MR) is 116 cm³/mol. The van der Waals surface area contributed by atoms with Gasteiger partial charge in [0.05, 0.1) is 36.4 Å². The Morgan fingerprint density at radius 2 is 1.88 bits per heavy atom. The maximum absolute atomic E-state index is 13.5. The number of halogens is 3. The van der Waals surface area contributed by atoms with Crippen molar-refractivity contribution < 1.29 is 27.4 Å². The molecule has 1 fully saturated rings. The van der Waals surface area contributed by atoms with E-state index in [1.165, 1.54) is 16.6 Å². The van der Waals surface area contributed by atoms with Gasteiger partial charge in [-0.15, -0.1) is 5.10 Å². The van der Waals surface area contributed by atoms with E-state index in [0.29, 0.717) is 36.0 Å². The number of rotatable bonds is 4. The number of fused-ring (bicyclic) bond motifs is 1. The Bertz CT molecular complexity index is 1160. The average Bonchev–Trinajstić information content (AvgIpc) is 3.16. The monoisotopic (exact) mass is 462 g/mol. The molecule has 0 atom stereocenters. The molecule has 33 heavy (non-hydrogen) atoms. The fourth-order valence-corrected chi connectivity index (χ4v) is 3.40. The second-order valence-corrected chi connectivity index (χ2v) is 8.99. The maximum Gasteiger partial charge on any atom is 0.418 e. The van der Waals surface area contributed by atoms with Crippen LogP contribution in [0.5, 0.6) is 5.88 Å². The summed E-state index contributed by atoms with van der Waals surface area (Å²) >= 11 is 0. The Labute approximate surface area is 188 Å². The summed E-state index contributed by atoms with van der Waals surface area (Å²) in [5, 5.41) is 6.83. The number of anilines is 1. The van der Waals surface area contributed by atoms with Crippen LogP contribution in [0.15, 0.2) is 36.5 Å². The molecule has 1 saturated heterocycles. The number of nitrogens with one attached hydrogen (secondary N) is 1. The highest BCUT2D eigenvalue weighted by Gasteiger charge is 2.35. The van der Waals surface area contributed by atoms with Gasteiger partial charge in [-0.25, -0.2) is 9.50 Å². The Balaban J connectivity index is 1.65. The van der Waals surface area contributed by atoms with E-state index in [0.717, 1.165) is 18.9 Å². The molecule has 0 unspecified atom stereocenters. The van der Waals surface area contributed by atoms with Crippen LogP contribution in [0.25, 0.3) is 16.9 Å². The van der Waals surface area contributed by atoms with Crippen LogP contribution in [-0.2, 0) is 15.7 Å². The fraction of sp³-hybridized carbons (Fsp3) is 0.435. The standard InChI is InChI=1S/C23H25F3N4O3/c1-22(2,3)21(31)28-17-12-14(4-5-16(17)23(24,25)26)18-13-30-19(27-18)6-7-20(29-30)33-15-8-10-32-11-9-15/h4-7,12-13,15H,8-11H2,1-3H3,(H,28,31). The third-order valence-corrected chi connectivity index (χ3v) is 5.30. The Morgan fingerprint density at radius 3 is 2.55 bits per heavy atom. The molecule has 176 valence electrons. The number of hydrogen-bond acceptors (Lipinski definition) is 5. The molecule has 0 radical (unpaired) electrons. The number of alkyl halides is 3. The number of imidazole rings is 1. The number of benzene rings is 1. The van der Waals surface area contributed by atoms with Crippen LogP contribution < -0.4 is 10.1 Å². The summed E-state index contributed by atoms with van der Waals surface area (Å²) in [6, 6.07) is 7.01. The molecule has 3 aromatic rings. The zero-order valence-electron chi connectivity index (χ0n) is 18.6. The zero-order chi connectivity index (χ0) is 23.8. The number of carbonyl (C=O) groups excluding carboxylic acids is 1. The lowest BCUT2D eigenvalue weighted by Crippen LogP contribution is -2.28. The van der Waals surface area contributed by atoms with Gasteiger partial charge in [0.1, 0.15) is 6.10 Å². The van der Waals surface area contributed by atoms with Crippen LogP contribution in [0.4, 0.5) is 18.9 Å². The van der Waals surface area contributed by atoms with Crippen molar-refractivity contribution >= 4 is 17.2 Å². The van der Waals surface area contributed by atoms with Gasteiger partial charge in [0.25, 0.3) is 0 Å². The van der Waals surface area contributed by atoms with Crippen LogP contribution in [-0.4, -0.2) is 39.8 Å². The molecule has 2 aromatic heterocycles. The van der Waals surface area contributed by atoms with E-state index in [4.69, 9.17) is 9.47 Å². The Morgan fingerprint density at radius 1 is 1.15 bits per heavy atom. The van der Waals surface area contributed by atoms with Crippen molar-refractivity contribution in [3.8, 4) is 17.1 Å². The van der Waals surface area contributed by atoms with E-state index >= 15 is 0 Å². The first-order chi connectivity index (χ1) is 15.5. The van der Waals surface area contributed by atoms with E-state index in [-0.39, 0.29) is 11.8 Å². The van der Waals surface area contributed by atoms with Gasteiger partial charge in [-0.05, 0) is 18.2 Å². The van der Waals surface area contributed by atoms with Gasteiger partial charge in [0.15, 0.2) is 5.65 Å². The molecule has 10 heteroatoms. The fourth-order valence-electron chi connectivity index (χ4n) is 3.40. The summed E-state index contributed by atoms with van der Waals surface area (Å²) in [6.07, 6.45) is -1.41. The molecule has 1 aromatic carbocycles. The normalized spacial score (nSPS) is 15.6. The van der Waals surface area contributed by atoms with Gasteiger partial charge in [-0.3, -0.25) is 4.79 Å². The summed E-state index contributed by atoms with van der Waals surface area (Å²) in [5.41, 5.74) is -0.724. The molecular weight excluding hydrogens is 437 g/mol. The van der Waals surface area contributed by atoms with Gasteiger partial charge < -0.3 is 14.8 Å². The van der Waals surface area contributed by atoms with E-state index in [1.54, 1.807) is 39.1 Å². The lowest BCUT2D eigenvalue weighted by atomic mass is 9.95. The summed E-state index contributed by atoms with van der Waals surface area (Å²) in [5.74, 6) is -0.0828. The van der Waals surface area contributed by atoms with Gasteiger partial charge in [0.2, 0.25) is 11.8 Å². The van der Waals surface area contributed by atoms with E-state index in [2.05, 4.69) is 15.4 Å². The van der Waals surface area contributed by atoms with Crippen molar-refractivity contribution in [3.05, 3.63) is 42.1 Å². The van der Waals surface area contributed by atoms with Gasteiger partial charge >= 0.3 is 6.18 Å². The molecule has 1 aliphatic rings. The van der Waals surface area contributed by atoms with Crippen molar-refractivity contribution in [2.75, 3.05) is 18.5 Å². The lowest BCUT2D eigenvalue weighted by molar-refractivity contribution is -0.137.